The summed E-state index contributed by atoms with van der Waals surface area (Å²) < 4.78 is 18.9. The van der Waals surface area contributed by atoms with Crippen LogP contribution in [0.25, 0.3) is 0 Å². The summed E-state index contributed by atoms with van der Waals surface area (Å²) in [5.41, 5.74) is 7.39. The Bertz CT molecular complexity index is 570. The number of rotatable bonds is 4. The van der Waals surface area contributed by atoms with Gasteiger partial charge in [-0.1, -0.05) is 12.1 Å². The molecule has 0 bridgehead atoms. The summed E-state index contributed by atoms with van der Waals surface area (Å²) in [6.45, 7) is 0.314. The van der Waals surface area contributed by atoms with Gasteiger partial charge in [-0.3, -0.25) is 0 Å². The molecule has 0 aliphatic carbocycles. The zero-order chi connectivity index (χ0) is 13.8. The normalized spacial score (nSPS) is 10.3. The van der Waals surface area contributed by atoms with E-state index in [4.69, 9.17) is 10.5 Å². The number of hydrogen-bond acceptors (Lipinski definition) is 3. The molecule has 0 spiro atoms. The summed E-state index contributed by atoms with van der Waals surface area (Å²) in [7, 11) is 3.93. The minimum Gasteiger partial charge on any atom is -0.489 e. The first kappa shape index (κ1) is 13.2. The third kappa shape index (κ3) is 3.37. The van der Waals surface area contributed by atoms with Gasteiger partial charge in [0, 0.05) is 25.8 Å². The highest BCUT2D eigenvalue weighted by Gasteiger charge is 2.02. The zero-order valence-corrected chi connectivity index (χ0v) is 11.1. The third-order valence-electron chi connectivity index (χ3n) is 2.80. The molecule has 100 valence electrons. The smallest absolute Gasteiger partial charge is 0.146 e. The van der Waals surface area contributed by atoms with Crippen molar-refractivity contribution in [3.63, 3.8) is 0 Å². The molecule has 0 aliphatic heterocycles. The van der Waals surface area contributed by atoms with Crippen LogP contribution >= 0.6 is 0 Å². The van der Waals surface area contributed by atoms with Gasteiger partial charge >= 0.3 is 0 Å². The quantitative estimate of drug-likeness (QED) is 0.859. The van der Waals surface area contributed by atoms with E-state index in [-0.39, 0.29) is 5.69 Å². The number of halogens is 1. The summed E-state index contributed by atoms with van der Waals surface area (Å²) in [6.07, 6.45) is 0. The Balaban J connectivity index is 2.05. The van der Waals surface area contributed by atoms with E-state index in [0.29, 0.717) is 6.61 Å². The predicted molar refractivity (Wildman–Crippen MR) is 75.9 cm³/mol. The molecule has 0 radical (unpaired) electrons. The molecular formula is C15H17FN2O. The molecule has 0 fully saturated rings. The second-order valence-corrected chi connectivity index (χ2v) is 4.54. The largest absolute Gasteiger partial charge is 0.489 e. The summed E-state index contributed by atoms with van der Waals surface area (Å²) in [5, 5.41) is 0. The molecule has 2 rings (SSSR count). The van der Waals surface area contributed by atoms with Crippen molar-refractivity contribution in [1.29, 1.82) is 0 Å². The van der Waals surface area contributed by atoms with Crippen LogP contribution in [0, 0.1) is 5.82 Å². The number of hydrogen-bond donors (Lipinski definition) is 1. The van der Waals surface area contributed by atoms with Gasteiger partial charge in [-0.05, 0) is 29.8 Å². The molecule has 2 aromatic rings. The number of nitrogens with two attached hydrogens (primary N) is 1. The SMILES string of the molecule is CN(C)c1cccc(OCc2ccc(N)c(F)c2)c1. The van der Waals surface area contributed by atoms with Crippen molar-refractivity contribution < 1.29 is 9.13 Å². The van der Waals surface area contributed by atoms with Crippen LogP contribution < -0.4 is 15.4 Å². The van der Waals surface area contributed by atoms with Gasteiger partial charge < -0.3 is 15.4 Å². The molecule has 0 heterocycles. The number of ether oxygens (including phenoxy) is 1. The van der Waals surface area contributed by atoms with Crippen molar-refractivity contribution in [3.8, 4) is 5.75 Å². The van der Waals surface area contributed by atoms with E-state index in [0.717, 1.165) is 17.0 Å². The molecule has 0 saturated carbocycles. The van der Waals surface area contributed by atoms with Crippen molar-refractivity contribution in [2.24, 2.45) is 0 Å². The minimum atomic E-state index is -0.414. The summed E-state index contributed by atoms with van der Waals surface area (Å²) >= 11 is 0. The van der Waals surface area contributed by atoms with E-state index in [1.165, 1.54) is 6.07 Å². The van der Waals surface area contributed by atoms with Crippen molar-refractivity contribution in [3.05, 3.63) is 53.8 Å². The first-order valence-corrected chi connectivity index (χ1v) is 6.00. The van der Waals surface area contributed by atoms with E-state index in [1.807, 2.05) is 43.3 Å². The maximum atomic E-state index is 13.3. The lowest BCUT2D eigenvalue weighted by Gasteiger charge is -2.14. The fraction of sp³-hybridized carbons (Fsp3) is 0.200. The van der Waals surface area contributed by atoms with Crippen LogP contribution in [0.1, 0.15) is 5.56 Å². The Labute approximate surface area is 112 Å². The number of benzene rings is 2. The molecule has 0 amide bonds. The van der Waals surface area contributed by atoms with Crippen LogP contribution in [0.15, 0.2) is 42.5 Å². The van der Waals surface area contributed by atoms with Crippen molar-refractivity contribution >= 4 is 11.4 Å². The van der Waals surface area contributed by atoms with Gasteiger partial charge in [-0.25, -0.2) is 4.39 Å². The van der Waals surface area contributed by atoms with E-state index in [9.17, 15) is 4.39 Å². The number of nitrogens with zero attached hydrogens (tertiary/aromatic N) is 1. The van der Waals surface area contributed by atoms with Gasteiger partial charge in [-0.15, -0.1) is 0 Å². The van der Waals surface area contributed by atoms with Crippen LogP contribution in [0.3, 0.4) is 0 Å². The monoisotopic (exact) mass is 260 g/mol. The average molecular weight is 260 g/mol. The summed E-state index contributed by atoms with van der Waals surface area (Å²) in [5.74, 6) is 0.339. The maximum Gasteiger partial charge on any atom is 0.146 e. The van der Waals surface area contributed by atoms with Crippen LogP contribution in [-0.2, 0) is 6.61 Å². The van der Waals surface area contributed by atoms with Gasteiger partial charge in [-0.2, -0.15) is 0 Å². The molecule has 0 aliphatic rings. The lowest BCUT2D eigenvalue weighted by molar-refractivity contribution is 0.305. The van der Waals surface area contributed by atoms with Gasteiger partial charge in [0.1, 0.15) is 18.2 Å². The summed E-state index contributed by atoms with van der Waals surface area (Å²) in [4.78, 5) is 2.00. The Morgan fingerprint density at radius 1 is 1.16 bits per heavy atom. The average Bonchev–Trinajstić information content (AvgIpc) is 2.40. The van der Waals surface area contributed by atoms with Crippen molar-refractivity contribution in [2.45, 2.75) is 6.61 Å². The highest BCUT2D eigenvalue weighted by Crippen LogP contribution is 2.21. The lowest BCUT2D eigenvalue weighted by Crippen LogP contribution is -2.08. The Morgan fingerprint density at radius 2 is 1.95 bits per heavy atom. The fourth-order valence-electron chi connectivity index (χ4n) is 1.68. The van der Waals surface area contributed by atoms with Crippen LogP contribution in [-0.4, -0.2) is 14.1 Å². The second-order valence-electron chi connectivity index (χ2n) is 4.54. The zero-order valence-electron chi connectivity index (χ0n) is 11.1. The number of nitrogen functional groups attached to an aromatic ring is 1. The molecule has 19 heavy (non-hydrogen) atoms. The lowest BCUT2D eigenvalue weighted by atomic mass is 10.2. The van der Waals surface area contributed by atoms with Gasteiger partial charge in [0.05, 0.1) is 5.69 Å². The first-order chi connectivity index (χ1) is 9.06. The molecule has 0 saturated heterocycles. The molecule has 2 N–H and O–H groups in total. The Morgan fingerprint density at radius 3 is 2.63 bits per heavy atom. The van der Waals surface area contributed by atoms with Gasteiger partial charge in [0.2, 0.25) is 0 Å². The summed E-state index contributed by atoms with van der Waals surface area (Å²) in [6, 6.07) is 12.4. The van der Waals surface area contributed by atoms with E-state index >= 15 is 0 Å². The van der Waals surface area contributed by atoms with Crippen LogP contribution in [0.4, 0.5) is 15.8 Å². The predicted octanol–water partition coefficient (Wildman–Crippen LogP) is 3.05. The molecule has 2 aromatic carbocycles. The number of anilines is 2. The highest BCUT2D eigenvalue weighted by atomic mass is 19.1. The van der Waals surface area contributed by atoms with Crippen molar-refractivity contribution in [1.82, 2.24) is 0 Å². The Hall–Kier alpha value is -2.23. The Kier molecular flexibility index (Phi) is 3.90. The minimum absolute atomic E-state index is 0.151. The molecular weight excluding hydrogens is 243 g/mol. The fourth-order valence-corrected chi connectivity index (χ4v) is 1.68. The molecule has 4 heteroatoms. The first-order valence-electron chi connectivity index (χ1n) is 6.00. The van der Waals surface area contributed by atoms with E-state index < -0.39 is 5.82 Å². The molecule has 3 nitrogen and oxygen atoms in total. The molecule has 0 aromatic heterocycles. The molecule has 0 unspecified atom stereocenters. The van der Waals surface area contributed by atoms with Crippen LogP contribution in [0.2, 0.25) is 0 Å². The van der Waals surface area contributed by atoms with Crippen LogP contribution in [0.5, 0.6) is 5.75 Å². The third-order valence-corrected chi connectivity index (χ3v) is 2.80. The highest BCUT2D eigenvalue weighted by molar-refractivity contribution is 5.49. The van der Waals surface area contributed by atoms with E-state index in [2.05, 4.69) is 0 Å². The molecule has 0 atom stereocenters. The van der Waals surface area contributed by atoms with Gasteiger partial charge in [0.25, 0.3) is 0 Å². The van der Waals surface area contributed by atoms with E-state index in [1.54, 1.807) is 12.1 Å². The topological polar surface area (TPSA) is 38.5 Å². The van der Waals surface area contributed by atoms with Crippen molar-refractivity contribution in [2.75, 3.05) is 24.7 Å². The van der Waals surface area contributed by atoms with Gasteiger partial charge in [0.15, 0.2) is 0 Å². The standard InChI is InChI=1S/C15H17FN2O/c1-18(2)12-4-3-5-13(9-12)19-10-11-6-7-15(17)14(16)8-11/h3-9H,10,17H2,1-2H3. The second kappa shape index (κ2) is 5.61. The maximum absolute atomic E-state index is 13.3.